The zero-order chi connectivity index (χ0) is 14.4. The Morgan fingerprint density at radius 2 is 2.45 bits per heavy atom. The van der Waals surface area contributed by atoms with Crippen molar-refractivity contribution < 1.29 is 9.53 Å². The summed E-state index contributed by atoms with van der Waals surface area (Å²) in [6, 6.07) is 3.99. The highest BCUT2D eigenvalue weighted by Gasteiger charge is 2.23. The standard InChI is InChI=1S/C15H23N3O2/c1-11(2)13(12-4-3-5-16-8-12)9-18-15(19)14-10-17-6-7-20-14/h3-5,8,11,13-14,17H,6-7,9-10H2,1-2H3,(H,18,19). The number of amides is 1. The first-order chi connectivity index (χ1) is 9.68. The number of nitrogens with one attached hydrogen (secondary N) is 2. The summed E-state index contributed by atoms with van der Waals surface area (Å²) in [6.45, 7) is 6.92. The molecule has 1 aromatic heterocycles. The van der Waals surface area contributed by atoms with Crippen LogP contribution < -0.4 is 10.6 Å². The molecule has 2 heterocycles. The minimum atomic E-state index is -0.370. The Bertz CT molecular complexity index is 416. The first kappa shape index (κ1) is 14.9. The Kier molecular flexibility index (Phi) is 5.49. The van der Waals surface area contributed by atoms with Crippen LogP contribution in [0.1, 0.15) is 25.3 Å². The first-order valence-electron chi connectivity index (χ1n) is 7.18. The first-order valence-corrected chi connectivity index (χ1v) is 7.18. The number of morpholine rings is 1. The molecule has 1 saturated heterocycles. The van der Waals surface area contributed by atoms with Crippen LogP contribution in [-0.2, 0) is 9.53 Å². The summed E-state index contributed by atoms with van der Waals surface area (Å²) in [4.78, 5) is 16.2. The summed E-state index contributed by atoms with van der Waals surface area (Å²) in [5, 5.41) is 6.16. The third-order valence-corrected chi connectivity index (χ3v) is 3.63. The smallest absolute Gasteiger partial charge is 0.250 e. The van der Waals surface area contributed by atoms with E-state index in [4.69, 9.17) is 4.74 Å². The van der Waals surface area contributed by atoms with Gasteiger partial charge in [-0.05, 0) is 17.5 Å². The number of hydrogen-bond acceptors (Lipinski definition) is 4. The van der Waals surface area contributed by atoms with Crippen molar-refractivity contribution in [2.45, 2.75) is 25.9 Å². The van der Waals surface area contributed by atoms with Gasteiger partial charge in [0.15, 0.2) is 0 Å². The highest BCUT2D eigenvalue weighted by Crippen LogP contribution is 2.22. The number of hydrogen-bond donors (Lipinski definition) is 2. The fourth-order valence-corrected chi connectivity index (χ4v) is 2.39. The maximum absolute atomic E-state index is 12.1. The summed E-state index contributed by atoms with van der Waals surface area (Å²) in [5.41, 5.74) is 1.16. The third-order valence-electron chi connectivity index (χ3n) is 3.63. The van der Waals surface area contributed by atoms with Gasteiger partial charge < -0.3 is 15.4 Å². The van der Waals surface area contributed by atoms with Crippen molar-refractivity contribution in [2.75, 3.05) is 26.2 Å². The zero-order valence-corrected chi connectivity index (χ0v) is 12.1. The SMILES string of the molecule is CC(C)C(CNC(=O)C1CNCCO1)c1cccnc1. The number of nitrogens with zero attached hydrogens (tertiary/aromatic N) is 1. The van der Waals surface area contributed by atoms with E-state index in [0.29, 0.717) is 25.6 Å². The number of rotatable bonds is 5. The molecule has 110 valence electrons. The predicted molar refractivity (Wildman–Crippen MR) is 77.4 cm³/mol. The Balaban J connectivity index is 1.91. The monoisotopic (exact) mass is 277 g/mol. The lowest BCUT2D eigenvalue weighted by atomic mass is 9.89. The van der Waals surface area contributed by atoms with Crippen LogP contribution in [-0.4, -0.2) is 43.2 Å². The molecule has 5 nitrogen and oxygen atoms in total. The van der Waals surface area contributed by atoms with Crippen molar-refractivity contribution in [3.63, 3.8) is 0 Å². The number of aromatic nitrogens is 1. The third kappa shape index (κ3) is 4.02. The predicted octanol–water partition coefficient (Wildman–Crippen LogP) is 0.926. The van der Waals surface area contributed by atoms with Gasteiger partial charge in [0.1, 0.15) is 6.10 Å². The van der Waals surface area contributed by atoms with Crippen LogP contribution >= 0.6 is 0 Å². The summed E-state index contributed by atoms with van der Waals surface area (Å²) < 4.78 is 5.45. The van der Waals surface area contributed by atoms with Gasteiger partial charge in [0.2, 0.25) is 5.91 Å². The molecule has 2 N–H and O–H groups in total. The lowest BCUT2D eigenvalue weighted by molar-refractivity contribution is -0.134. The lowest BCUT2D eigenvalue weighted by Gasteiger charge is -2.25. The number of ether oxygens (including phenoxy) is 1. The molecular weight excluding hydrogens is 254 g/mol. The van der Waals surface area contributed by atoms with E-state index >= 15 is 0 Å². The maximum Gasteiger partial charge on any atom is 0.250 e. The van der Waals surface area contributed by atoms with Gasteiger partial charge in [-0.2, -0.15) is 0 Å². The molecule has 1 aliphatic rings. The van der Waals surface area contributed by atoms with E-state index in [1.807, 2.05) is 12.3 Å². The van der Waals surface area contributed by atoms with Gasteiger partial charge in [-0.3, -0.25) is 9.78 Å². The molecular formula is C15H23N3O2. The van der Waals surface area contributed by atoms with Crippen molar-refractivity contribution in [1.29, 1.82) is 0 Å². The van der Waals surface area contributed by atoms with Gasteiger partial charge in [-0.25, -0.2) is 0 Å². The average Bonchev–Trinajstić information content (AvgIpc) is 2.49. The van der Waals surface area contributed by atoms with Crippen LogP contribution in [0, 0.1) is 5.92 Å². The topological polar surface area (TPSA) is 63.2 Å². The lowest BCUT2D eigenvalue weighted by Crippen LogP contribution is -2.48. The molecule has 0 spiro atoms. The second-order valence-electron chi connectivity index (χ2n) is 5.45. The molecule has 0 aromatic carbocycles. The van der Waals surface area contributed by atoms with Gasteiger partial charge in [0, 0.05) is 37.9 Å². The summed E-state index contributed by atoms with van der Waals surface area (Å²) in [7, 11) is 0. The van der Waals surface area contributed by atoms with E-state index in [0.717, 1.165) is 12.1 Å². The van der Waals surface area contributed by atoms with Crippen molar-refractivity contribution >= 4 is 5.91 Å². The second-order valence-corrected chi connectivity index (χ2v) is 5.45. The van der Waals surface area contributed by atoms with Crippen LogP contribution in [0.2, 0.25) is 0 Å². The van der Waals surface area contributed by atoms with Crippen molar-refractivity contribution in [2.24, 2.45) is 5.92 Å². The minimum Gasteiger partial charge on any atom is -0.366 e. The summed E-state index contributed by atoms with van der Waals surface area (Å²) >= 11 is 0. The quantitative estimate of drug-likeness (QED) is 0.840. The minimum absolute atomic E-state index is 0.0354. The fraction of sp³-hybridized carbons (Fsp3) is 0.600. The normalized spacial score (nSPS) is 20.6. The van der Waals surface area contributed by atoms with Gasteiger partial charge in [0.05, 0.1) is 6.61 Å². The Hall–Kier alpha value is -1.46. The molecule has 2 unspecified atom stereocenters. The van der Waals surface area contributed by atoms with Gasteiger partial charge in [-0.15, -0.1) is 0 Å². The van der Waals surface area contributed by atoms with E-state index in [1.54, 1.807) is 6.20 Å². The van der Waals surface area contributed by atoms with E-state index < -0.39 is 0 Å². The summed E-state index contributed by atoms with van der Waals surface area (Å²) in [5.74, 6) is 0.667. The van der Waals surface area contributed by atoms with E-state index in [2.05, 4.69) is 35.5 Å². The highest BCUT2D eigenvalue weighted by molar-refractivity contribution is 5.81. The van der Waals surface area contributed by atoms with Crippen LogP contribution in [0.15, 0.2) is 24.5 Å². The Morgan fingerprint density at radius 3 is 3.05 bits per heavy atom. The van der Waals surface area contributed by atoms with Crippen molar-refractivity contribution in [3.05, 3.63) is 30.1 Å². The summed E-state index contributed by atoms with van der Waals surface area (Å²) in [6.07, 6.45) is 3.27. The van der Waals surface area contributed by atoms with Crippen molar-refractivity contribution in [1.82, 2.24) is 15.6 Å². The molecule has 2 atom stereocenters. The Morgan fingerprint density at radius 1 is 1.60 bits per heavy atom. The zero-order valence-electron chi connectivity index (χ0n) is 12.1. The number of pyridine rings is 1. The van der Waals surface area contributed by atoms with Gasteiger partial charge >= 0.3 is 0 Å². The molecule has 0 bridgehead atoms. The maximum atomic E-state index is 12.1. The largest absolute Gasteiger partial charge is 0.366 e. The van der Waals surface area contributed by atoms with E-state index in [1.165, 1.54) is 0 Å². The molecule has 1 fully saturated rings. The van der Waals surface area contributed by atoms with Crippen molar-refractivity contribution in [3.8, 4) is 0 Å². The molecule has 1 aliphatic heterocycles. The average molecular weight is 277 g/mol. The second kappa shape index (κ2) is 7.36. The van der Waals surface area contributed by atoms with Gasteiger partial charge in [-0.1, -0.05) is 19.9 Å². The van der Waals surface area contributed by atoms with E-state index in [-0.39, 0.29) is 17.9 Å². The van der Waals surface area contributed by atoms with Crippen LogP contribution in [0.3, 0.4) is 0 Å². The fourth-order valence-electron chi connectivity index (χ4n) is 2.39. The van der Waals surface area contributed by atoms with E-state index in [9.17, 15) is 4.79 Å². The highest BCUT2D eigenvalue weighted by atomic mass is 16.5. The van der Waals surface area contributed by atoms with Crippen LogP contribution in [0.5, 0.6) is 0 Å². The molecule has 20 heavy (non-hydrogen) atoms. The molecule has 0 saturated carbocycles. The van der Waals surface area contributed by atoms with Crippen LogP contribution in [0.4, 0.5) is 0 Å². The van der Waals surface area contributed by atoms with Crippen LogP contribution in [0.25, 0.3) is 0 Å². The Labute approximate surface area is 120 Å². The molecule has 0 radical (unpaired) electrons. The van der Waals surface area contributed by atoms with Gasteiger partial charge in [0.25, 0.3) is 0 Å². The molecule has 0 aliphatic carbocycles. The molecule has 2 rings (SSSR count). The molecule has 1 aromatic rings. The molecule has 1 amide bonds. The number of carbonyl (C=O) groups is 1. The molecule has 5 heteroatoms. The number of carbonyl (C=O) groups excluding carboxylic acids is 1.